The molecule has 1 aromatic carbocycles. The van der Waals surface area contributed by atoms with Gasteiger partial charge >= 0.3 is 0 Å². The fourth-order valence-electron chi connectivity index (χ4n) is 9.33. The van der Waals surface area contributed by atoms with Crippen LogP contribution in [0.15, 0.2) is 30.3 Å². The molecule has 196 valence electrons. The van der Waals surface area contributed by atoms with Crippen molar-refractivity contribution in [2.24, 2.45) is 28.6 Å². The second-order valence-electron chi connectivity index (χ2n) is 12.3. The van der Waals surface area contributed by atoms with Crippen molar-refractivity contribution < 1.29 is 18.9 Å². The summed E-state index contributed by atoms with van der Waals surface area (Å²) >= 11 is 0. The number of hydrogen-bond acceptors (Lipinski definition) is 4. The van der Waals surface area contributed by atoms with Crippen LogP contribution in [0.1, 0.15) is 97.0 Å². The van der Waals surface area contributed by atoms with Crippen LogP contribution in [0.3, 0.4) is 0 Å². The highest BCUT2D eigenvalue weighted by Crippen LogP contribution is 2.71. The fourth-order valence-corrected chi connectivity index (χ4v) is 9.33. The molecule has 4 saturated carbocycles. The molecule has 0 unspecified atom stereocenters. The van der Waals surface area contributed by atoms with Gasteiger partial charge < -0.3 is 18.9 Å². The maximum Gasteiger partial charge on any atom is 0.147 e. The maximum absolute atomic E-state index is 7.01. The summed E-state index contributed by atoms with van der Waals surface area (Å²) in [5, 5.41) is 0. The second kappa shape index (κ2) is 10.4. The third kappa shape index (κ3) is 4.31. The van der Waals surface area contributed by atoms with Crippen molar-refractivity contribution in [2.75, 3.05) is 26.8 Å². The topological polar surface area (TPSA) is 36.9 Å². The molecule has 8 atom stereocenters. The molecule has 4 fully saturated rings. The third-order valence-electron chi connectivity index (χ3n) is 11.2. The lowest BCUT2D eigenvalue weighted by Gasteiger charge is -2.65. The summed E-state index contributed by atoms with van der Waals surface area (Å²) in [5.41, 5.74) is 1.97. The van der Waals surface area contributed by atoms with Gasteiger partial charge in [-0.25, -0.2) is 0 Å². The Hall–Kier alpha value is -0.940. The van der Waals surface area contributed by atoms with E-state index in [4.69, 9.17) is 18.9 Å². The van der Waals surface area contributed by atoms with Crippen molar-refractivity contribution in [1.29, 1.82) is 0 Å². The number of hydrogen-bond donors (Lipinski definition) is 0. The molecule has 1 aromatic rings. The molecule has 0 bridgehead atoms. The fraction of sp³-hybridized carbons (Fsp3) is 0.806. The van der Waals surface area contributed by atoms with E-state index in [9.17, 15) is 0 Å². The minimum absolute atomic E-state index is 0.0815. The first kappa shape index (κ1) is 25.7. The van der Waals surface area contributed by atoms with Gasteiger partial charge in [-0.2, -0.15) is 0 Å². The Labute approximate surface area is 213 Å². The highest BCUT2D eigenvalue weighted by Gasteiger charge is 2.68. The van der Waals surface area contributed by atoms with Crippen LogP contribution in [-0.2, 0) is 18.9 Å². The Morgan fingerprint density at radius 3 is 2.34 bits per heavy atom. The Balaban J connectivity index is 1.41. The minimum Gasteiger partial charge on any atom is -0.356 e. The molecule has 0 heterocycles. The van der Waals surface area contributed by atoms with Gasteiger partial charge in [0.1, 0.15) is 13.6 Å². The first-order valence-corrected chi connectivity index (χ1v) is 14.4. The monoisotopic (exact) mass is 484 g/mol. The van der Waals surface area contributed by atoms with Gasteiger partial charge in [0, 0.05) is 18.6 Å². The summed E-state index contributed by atoms with van der Waals surface area (Å²) in [4.78, 5) is 0. The van der Waals surface area contributed by atoms with Crippen LogP contribution in [0.25, 0.3) is 0 Å². The molecule has 0 spiro atoms. The van der Waals surface area contributed by atoms with E-state index in [0.717, 1.165) is 24.9 Å². The number of ether oxygens (including phenoxy) is 4. The van der Waals surface area contributed by atoms with Crippen LogP contribution in [0.4, 0.5) is 0 Å². The SMILES string of the molecule is CCOCO[C@H]1CC[C@@]2(C)[C@H](CC[C@@H]3[C@@H]2CC[C@]2(C)[C@@H](c4ccccc4)CC[C@]32OCOCC)C1. The highest BCUT2D eigenvalue weighted by molar-refractivity contribution is 5.29. The van der Waals surface area contributed by atoms with Gasteiger partial charge in [0.2, 0.25) is 0 Å². The van der Waals surface area contributed by atoms with Crippen LogP contribution in [0.2, 0.25) is 0 Å². The largest absolute Gasteiger partial charge is 0.356 e. The molecule has 0 N–H and O–H groups in total. The van der Waals surface area contributed by atoms with E-state index in [-0.39, 0.29) is 11.0 Å². The van der Waals surface area contributed by atoms with E-state index >= 15 is 0 Å². The lowest BCUT2D eigenvalue weighted by Crippen LogP contribution is -2.63. The lowest BCUT2D eigenvalue weighted by molar-refractivity contribution is -0.259. The average molecular weight is 485 g/mol. The van der Waals surface area contributed by atoms with Crippen molar-refractivity contribution in [1.82, 2.24) is 0 Å². The van der Waals surface area contributed by atoms with Gasteiger partial charge in [-0.05, 0) is 106 Å². The number of fused-ring (bicyclic) bond motifs is 5. The molecule has 0 aliphatic heterocycles. The predicted molar refractivity (Wildman–Crippen MR) is 139 cm³/mol. The smallest absolute Gasteiger partial charge is 0.147 e. The van der Waals surface area contributed by atoms with Gasteiger partial charge in [-0.15, -0.1) is 0 Å². The zero-order valence-electron chi connectivity index (χ0n) is 22.6. The van der Waals surface area contributed by atoms with Crippen molar-refractivity contribution in [2.45, 2.75) is 103 Å². The second-order valence-corrected chi connectivity index (χ2v) is 12.3. The van der Waals surface area contributed by atoms with Crippen LogP contribution in [0.5, 0.6) is 0 Å². The molecule has 4 heteroatoms. The first-order valence-electron chi connectivity index (χ1n) is 14.4. The summed E-state index contributed by atoms with van der Waals surface area (Å²) in [7, 11) is 0. The normalized spacial score (nSPS) is 42.8. The van der Waals surface area contributed by atoms with Gasteiger partial charge in [-0.1, -0.05) is 44.2 Å². The Kier molecular flexibility index (Phi) is 7.66. The van der Waals surface area contributed by atoms with Crippen molar-refractivity contribution in [3.8, 4) is 0 Å². The average Bonchev–Trinajstić information content (AvgIpc) is 3.18. The van der Waals surface area contributed by atoms with Crippen molar-refractivity contribution in [3.63, 3.8) is 0 Å². The Bertz CT molecular complexity index is 829. The Morgan fingerprint density at radius 2 is 1.57 bits per heavy atom. The molecule has 35 heavy (non-hydrogen) atoms. The summed E-state index contributed by atoms with van der Waals surface area (Å²) in [6, 6.07) is 11.3. The Morgan fingerprint density at radius 1 is 0.800 bits per heavy atom. The molecule has 0 aromatic heterocycles. The summed E-state index contributed by atoms with van der Waals surface area (Å²) in [5.74, 6) is 2.68. The van der Waals surface area contributed by atoms with Gasteiger partial charge in [-0.3, -0.25) is 0 Å². The zero-order chi connectivity index (χ0) is 24.5. The molecule has 0 saturated heterocycles. The zero-order valence-corrected chi connectivity index (χ0v) is 22.6. The van der Waals surface area contributed by atoms with E-state index in [0.29, 0.717) is 43.5 Å². The van der Waals surface area contributed by atoms with E-state index < -0.39 is 0 Å². The van der Waals surface area contributed by atoms with Crippen LogP contribution in [0, 0.1) is 28.6 Å². The lowest BCUT2D eigenvalue weighted by atomic mass is 9.43. The van der Waals surface area contributed by atoms with Crippen LogP contribution < -0.4 is 0 Å². The summed E-state index contributed by atoms with van der Waals surface area (Å²) in [6.45, 7) is 11.6. The molecule has 5 rings (SSSR count). The molecule has 4 aliphatic rings. The van der Waals surface area contributed by atoms with Crippen molar-refractivity contribution >= 4 is 0 Å². The first-order chi connectivity index (χ1) is 17.0. The molecule has 4 aliphatic carbocycles. The quantitative estimate of drug-likeness (QED) is 0.272. The van der Waals surface area contributed by atoms with Crippen molar-refractivity contribution in [3.05, 3.63) is 35.9 Å². The standard InChI is InChI=1S/C31H48O4/c1-5-32-21-34-25-14-17-29(3)24(20-25)12-13-28-27(29)15-18-30(4)26(23-10-8-7-9-11-23)16-19-31(28,30)35-22-33-6-2/h7-11,24-28H,5-6,12-22H2,1-4H3/t24-,25+,26-,27+,28-,29+,30-,31+/m1/s1. The number of benzene rings is 1. The van der Waals surface area contributed by atoms with Gasteiger partial charge in [0.25, 0.3) is 0 Å². The highest BCUT2D eigenvalue weighted by atomic mass is 16.7. The van der Waals surface area contributed by atoms with E-state index in [2.05, 4.69) is 51.1 Å². The van der Waals surface area contributed by atoms with Gasteiger partial charge in [0.05, 0.1) is 11.7 Å². The predicted octanol–water partition coefficient (Wildman–Crippen LogP) is 7.33. The van der Waals surface area contributed by atoms with E-state index in [1.165, 1.54) is 56.9 Å². The van der Waals surface area contributed by atoms with Crippen LogP contribution in [-0.4, -0.2) is 38.5 Å². The molecule has 0 radical (unpaired) electrons. The number of rotatable bonds is 9. The van der Waals surface area contributed by atoms with E-state index in [1.54, 1.807) is 0 Å². The summed E-state index contributed by atoms with van der Waals surface area (Å²) < 4.78 is 24.5. The molecule has 4 nitrogen and oxygen atoms in total. The minimum atomic E-state index is -0.0815. The van der Waals surface area contributed by atoms with Crippen LogP contribution >= 0.6 is 0 Å². The molecular formula is C31H48O4. The van der Waals surface area contributed by atoms with E-state index in [1.807, 2.05) is 6.92 Å². The van der Waals surface area contributed by atoms with Gasteiger partial charge in [0.15, 0.2) is 0 Å². The molecular weight excluding hydrogens is 436 g/mol. The third-order valence-corrected chi connectivity index (χ3v) is 11.2. The summed E-state index contributed by atoms with van der Waals surface area (Å²) in [6.07, 6.45) is 11.6. The molecule has 0 amide bonds. The maximum atomic E-state index is 7.01.